The number of nitrogens with zero attached hydrogens (tertiary/aromatic N) is 1. The normalized spacial score (nSPS) is 10.7. The zero-order valence-electron chi connectivity index (χ0n) is 9.60. The molecule has 0 bridgehead atoms. The third-order valence-corrected chi connectivity index (χ3v) is 2.81. The van der Waals surface area contributed by atoms with Gasteiger partial charge in [0.25, 0.3) is 5.91 Å². The molecule has 5 heteroatoms. The highest BCUT2D eigenvalue weighted by atomic mass is 16.1. The van der Waals surface area contributed by atoms with Crippen molar-refractivity contribution in [1.82, 2.24) is 20.5 Å². The van der Waals surface area contributed by atoms with Gasteiger partial charge in [0.2, 0.25) is 0 Å². The fraction of sp³-hybridized carbons (Fsp3) is 0.0769. The minimum Gasteiger partial charge on any atom is -0.361 e. The molecule has 0 fully saturated rings. The van der Waals surface area contributed by atoms with Gasteiger partial charge in [-0.05, 0) is 30.3 Å². The third kappa shape index (κ3) is 1.98. The summed E-state index contributed by atoms with van der Waals surface area (Å²) in [6.45, 7) is 0.448. The van der Waals surface area contributed by atoms with E-state index < -0.39 is 0 Å². The number of aromatic amines is 2. The number of H-pyrrole nitrogens is 2. The van der Waals surface area contributed by atoms with Gasteiger partial charge in [-0.15, -0.1) is 0 Å². The monoisotopic (exact) mass is 240 g/mol. The molecule has 0 aliphatic carbocycles. The summed E-state index contributed by atoms with van der Waals surface area (Å²) >= 11 is 0. The van der Waals surface area contributed by atoms with Crippen molar-refractivity contribution in [1.29, 1.82) is 0 Å². The van der Waals surface area contributed by atoms with Crippen molar-refractivity contribution in [3.05, 3.63) is 54.0 Å². The molecular formula is C13H12N4O. The predicted octanol–water partition coefficient (Wildman–Crippen LogP) is 1.82. The molecule has 2 heterocycles. The van der Waals surface area contributed by atoms with Crippen LogP contribution in [0.2, 0.25) is 0 Å². The molecule has 5 nitrogen and oxygen atoms in total. The van der Waals surface area contributed by atoms with E-state index in [9.17, 15) is 4.79 Å². The largest absolute Gasteiger partial charge is 0.361 e. The Kier molecular flexibility index (Phi) is 2.57. The van der Waals surface area contributed by atoms with Crippen molar-refractivity contribution in [3.8, 4) is 0 Å². The van der Waals surface area contributed by atoms with Gasteiger partial charge in [0.05, 0.1) is 12.2 Å². The zero-order chi connectivity index (χ0) is 12.4. The number of hydrogen-bond donors (Lipinski definition) is 3. The van der Waals surface area contributed by atoms with E-state index in [1.165, 1.54) is 0 Å². The summed E-state index contributed by atoms with van der Waals surface area (Å²) in [4.78, 5) is 15.0. The molecule has 0 radical (unpaired) electrons. The van der Waals surface area contributed by atoms with E-state index >= 15 is 0 Å². The average molecular weight is 240 g/mol. The Bertz CT molecular complexity index is 669. The van der Waals surface area contributed by atoms with E-state index in [2.05, 4.69) is 20.5 Å². The molecular weight excluding hydrogens is 228 g/mol. The van der Waals surface area contributed by atoms with Crippen molar-refractivity contribution >= 4 is 16.8 Å². The van der Waals surface area contributed by atoms with Gasteiger partial charge in [-0.1, -0.05) is 0 Å². The fourth-order valence-corrected chi connectivity index (χ4v) is 1.86. The van der Waals surface area contributed by atoms with E-state index in [1.54, 1.807) is 12.3 Å². The Morgan fingerprint density at radius 1 is 1.28 bits per heavy atom. The summed E-state index contributed by atoms with van der Waals surface area (Å²) < 4.78 is 0. The zero-order valence-corrected chi connectivity index (χ0v) is 9.60. The molecule has 1 amide bonds. The van der Waals surface area contributed by atoms with E-state index in [1.807, 2.05) is 30.5 Å². The van der Waals surface area contributed by atoms with Crippen LogP contribution in [-0.4, -0.2) is 21.1 Å². The number of hydrogen-bond acceptors (Lipinski definition) is 2. The second-order valence-electron chi connectivity index (χ2n) is 4.04. The first-order chi connectivity index (χ1) is 8.83. The van der Waals surface area contributed by atoms with Crippen LogP contribution >= 0.6 is 0 Å². The van der Waals surface area contributed by atoms with Crippen molar-refractivity contribution in [3.63, 3.8) is 0 Å². The van der Waals surface area contributed by atoms with Gasteiger partial charge in [-0.25, -0.2) is 0 Å². The van der Waals surface area contributed by atoms with Gasteiger partial charge in [0.1, 0.15) is 0 Å². The molecule has 18 heavy (non-hydrogen) atoms. The van der Waals surface area contributed by atoms with Gasteiger partial charge >= 0.3 is 0 Å². The van der Waals surface area contributed by atoms with Crippen LogP contribution in [0.1, 0.15) is 16.1 Å². The highest BCUT2D eigenvalue weighted by Crippen LogP contribution is 2.14. The van der Waals surface area contributed by atoms with Gasteiger partial charge < -0.3 is 10.3 Å². The fourth-order valence-electron chi connectivity index (χ4n) is 1.86. The smallest absolute Gasteiger partial charge is 0.251 e. The van der Waals surface area contributed by atoms with Crippen LogP contribution < -0.4 is 5.32 Å². The topological polar surface area (TPSA) is 73.6 Å². The molecule has 1 aromatic carbocycles. The van der Waals surface area contributed by atoms with Crippen LogP contribution in [-0.2, 0) is 6.54 Å². The Balaban J connectivity index is 1.75. The third-order valence-electron chi connectivity index (χ3n) is 2.81. The first-order valence-corrected chi connectivity index (χ1v) is 5.66. The Morgan fingerprint density at radius 2 is 2.22 bits per heavy atom. The van der Waals surface area contributed by atoms with Crippen molar-refractivity contribution < 1.29 is 4.79 Å². The Morgan fingerprint density at radius 3 is 3.06 bits per heavy atom. The maximum Gasteiger partial charge on any atom is 0.251 e. The molecule has 3 N–H and O–H groups in total. The van der Waals surface area contributed by atoms with E-state index in [0.29, 0.717) is 12.1 Å². The number of carbonyl (C=O) groups excluding carboxylic acids is 1. The van der Waals surface area contributed by atoms with Gasteiger partial charge in [0, 0.05) is 28.9 Å². The number of carbonyl (C=O) groups is 1. The number of aromatic nitrogens is 3. The van der Waals surface area contributed by atoms with E-state index in [0.717, 1.165) is 16.6 Å². The summed E-state index contributed by atoms with van der Waals surface area (Å²) in [5, 5.41) is 10.5. The van der Waals surface area contributed by atoms with Crippen LogP contribution in [0, 0.1) is 0 Å². The van der Waals surface area contributed by atoms with Crippen LogP contribution in [0.3, 0.4) is 0 Å². The second-order valence-corrected chi connectivity index (χ2v) is 4.04. The van der Waals surface area contributed by atoms with E-state index in [4.69, 9.17) is 0 Å². The maximum atomic E-state index is 11.9. The van der Waals surface area contributed by atoms with Crippen molar-refractivity contribution in [2.45, 2.75) is 6.54 Å². The predicted molar refractivity (Wildman–Crippen MR) is 68.1 cm³/mol. The SMILES string of the molecule is O=C(NCc1ccn[nH]1)c1ccc2[nH]ccc2c1. The quantitative estimate of drug-likeness (QED) is 0.653. The Labute approximate surface area is 103 Å². The minimum absolute atomic E-state index is 0.0901. The maximum absolute atomic E-state index is 11.9. The molecule has 3 rings (SSSR count). The van der Waals surface area contributed by atoms with Gasteiger partial charge in [0.15, 0.2) is 0 Å². The first kappa shape index (κ1) is 10.6. The number of fused-ring (bicyclic) bond motifs is 1. The molecule has 0 saturated carbocycles. The molecule has 3 aromatic rings. The lowest BCUT2D eigenvalue weighted by Gasteiger charge is -2.03. The minimum atomic E-state index is -0.0901. The van der Waals surface area contributed by atoms with Crippen LogP contribution in [0.4, 0.5) is 0 Å². The van der Waals surface area contributed by atoms with E-state index in [-0.39, 0.29) is 5.91 Å². The molecule has 0 aliphatic rings. The van der Waals surface area contributed by atoms with Gasteiger partial charge in [-0.3, -0.25) is 9.89 Å². The molecule has 0 spiro atoms. The van der Waals surface area contributed by atoms with Crippen molar-refractivity contribution in [2.75, 3.05) is 0 Å². The van der Waals surface area contributed by atoms with Gasteiger partial charge in [-0.2, -0.15) is 5.10 Å². The number of benzene rings is 1. The first-order valence-electron chi connectivity index (χ1n) is 5.66. The average Bonchev–Trinajstić information content (AvgIpc) is 3.05. The van der Waals surface area contributed by atoms with Crippen LogP contribution in [0.25, 0.3) is 10.9 Å². The second kappa shape index (κ2) is 4.37. The molecule has 0 atom stereocenters. The summed E-state index contributed by atoms with van der Waals surface area (Å²) in [5.74, 6) is -0.0901. The summed E-state index contributed by atoms with van der Waals surface area (Å²) in [6.07, 6.45) is 3.52. The Hall–Kier alpha value is -2.56. The molecule has 0 unspecified atom stereocenters. The molecule has 0 saturated heterocycles. The summed E-state index contributed by atoms with van der Waals surface area (Å²) in [5.41, 5.74) is 2.56. The number of nitrogens with one attached hydrogen (secondary N) is 3. The lowest BCUT2D eigenvalue weighted by molar-refractivity contribution is 0.0950. The lowest BCUT2D eigenvalue weighted by Crippen LogP contribution is -2.22. The number of amides is 1. The summed E-state index contributed by atoms with van der Waals surface area (Å²) in [6, 6.07) is 9.35. The van der Waals surface area contributed by atoms with Crippen LogP contribution in [0.5, 0.6) is 0 Å². The molecule has 0 aliphatic heterocycles. The van der Waals surface area contributed by atoms with Crippen LogP contribution in [0.15, 0.2) is 42.7 Å². The molecule has 2 aromatic heterocycles. The standard InChI is InChI=1S/C13H12N4O/c18-13(15-8-11-4-6-16-17-11)10-1-2-12-9(7-10)3-5-14-12/h1-7,14H,8H2,(H,15,18)(H,16,17). The van der Waals surface area contributed by atoms with Crippen molar-refractivity contribution in [2.24, 2.45) is 0 Å². The molecule has 90 valence electrons. The summed E-state index contributed by atoms with van der Waals surface area (Å²) in [7, 11) is 0. The number of rotatable bonds is 3. The highest BCUT2D eigenvalue weighted by Gasteiger charge is 2.06. The highest BCUT2D eigenvalue weighted by molar-refractivity contribution is 5.97. The lowest BCUT2D eigenvalue weighted by atomic mass is 10.1.